The number of hydrogen-bond donors (Lipinski definition) is 2. The quantitative estimate of drug-likeness (QED) is 0.427. The molecule has 0 unspecified atom stereocenters. The summed E-state index contributed by atoms with van der Waals surface area (Å²) in [6.07, 6.45) is 0. The van der Waals surface area contributed by atoms with Crippen LogP contribution in [-0.2, 0) is 4.79 Å². The van der Waals surface area contributed by atoms with E-state index in [1.54, 1.807) is 0 Å². The number of aliphatic carboxylic acids is 1. The number of thiol groups is 1. The topological polar surface area (TPSA) is 66.7 Å². The Labute approximate surface area is 51.3 Å². The molecule has 0 aromatic carbocycles. The van der Waals surface area contributed by atoms with Crippen LogP contribution in [0.25, 0.3) is 0 Å². The molecule has 0 radical (unpaired) electrons. The molecule has 0 saturated carbocycles. The Kier molecular flexibility index (Phi) is 3.18. The van der Waals surface area contributed by atoms with Gasteiger partial charge in [-0.2, -0.15) is 12.6 Å². The van der Waals surface area contributed by atoms with Gasteiger partial charge in [0.05, 0.1) is 0 Å². The third-order valence-corrected chi connectivity index (χ3v) is 0.931. The van der Waals surface area contributed by atoms with Crippen molar-refractivity contribution in [3.63, 3.8) is 0 Å². The van der Waals surface area contributed by atoms with Crippen LogP contribution in [0.5, 0.6) is 0 Å². The summed E-state index contributed by atoms with van der Waals surface area (Å²) in [6, 6.07) is -1.20. The molecule has 0 amide bonds. The first kappa shape index (κ1) is 7.42. The summed E-state index contributed by atoms with van der Waals surface area (Å²) in [6.45, 7) is 0. The molecule has 0 aliphatic rings. The van der Waals surface area contributed by atoms with Gasteiger partial charge in [0, 0.05) is 5.75 Å². The number of rotatable bonds is 3. The van der Waals surface area contributed by atoms with E-state index in [0.29, 0.717) is 0 Å². The Morgan fingerprint density at radius 2 is 2.38 bits per heavy atom. The van der Waals surface area contributed by atoms with E-state index in [0.717, 1.165) is 0 Å². The van der Waals surface area contributed by atoms with Crippen molar-refractivity contribution in [3.8, 4) is 0 Å². The molecule has 0 heterocycles. The highest BCUT2D eigenvalue weighted by Gasteiger charge is 2.14. The summed E-state index contributed by atoms with van der Waals surface area (Å²) < 4.78 is 0. The van der Waals surface area contributed by atoms with Crippen molar-refractivity contribution in [2.24, 2.45) is 5.18 Å². The summed E-state index contributed by atoms with van der Waals surface area (Å²) >= 11 is 3.56. The maximum Gasteiger partial charge on any atom is 0.332 e. The fourth-order valence-corrected chi connectivity index (χ4v) is 0.379. The molecule has 1 atom stereocenters. The first-order chi connectivity index (χ1) is 3.72. The van der Waals surface area contributed by atoms with Crippen LogP contribution < -0.4 is 0 Å². The highest BCUT2D eigenvalue weighted by atomic mass is 32.1. The van der Waals surface area contributed by atoms with Gasteiger partial charge in [-0.25, -0.2) is 4.79 Å². The van der Waals surface area contributed by atoms with Crippen molar-refractivity contribution in [2.75, 3.05) is 5.75 Å². The second-order valence-electron chi connectivity index (χ2n) is 1.14. The molecule has 1 N–H and O–H groups in total. The van der Waals surface area contributed by atoms with Crippen LogP contribution in [0.2, 0.25) is 0 Å². The Balaban J connectivity index is 3.69. The highest BCUT2D eigenvalue weighted by molar-refractivity contribution is 7.80. The maximum atomic E-state index is 9.82. The van der Waals surface area contributed by atoms with Crippen LogP contribution in [-0.4, -0.2) is 22.9 Å². The first-order valence-corrected chi connectivity index (χ1v) is 2.51. The van der Waals surface area contributed by atoms with E-state index in [9.17, 15) is 9.70 Å². The largest absolute Gasteiger partial charge is 0.480 e. The van der Waals surface area contributed by atoms with Crippen molar-refractivity contribution in [2.45, 2.75) is 6.04 Å². The molecule has 8 heavy (non-hydrogen) atoms. The molecule has 0 bridgehead atoms. The molecule has 5 heteroatoms. The third-order valence-electron chi connectivity index (χ3n) is 0.585. The fourth-order valence-electron chi connectivity index (χ4n) is 0.157. The molecule has 0 aliphatic carbocycles. The molecule has 0 spiro atoms. The lowest BCUT2D eigenvalue weighted by Gasteiger charge is -1.93. The van der Waals surface area contributed by atoms with E-state index < -0.39 is 12.0 Å². The van der Waals surface area contributed by atoms with Gasteiger partial charge in [0.25, 0.3) is 0 Å². The van der Waals surface area contributed by atoms with Crippen molar-refractivity contribution in [3.05, 3.63) is 4.91 Å². The monoisotopic (exact) mass is 135 g/mol. The molecular weight excluding hydrogens is 130 g/mol. The summed E-state index contributed by atoms with van der Waals surface area (Å²) in [5.41, 5.74) is 0. The third kappa shape index (κ3) is 1.92. The van der Waals surface area contributed by atoms with E-state index in [1.165, 1.54) is 0 Å². The Bertz CT molecular complexity index is 105. The van der Waals surface area contributed by atoms with Gasteiger partial charge >= 0.3 is 5.97 Å². The second-order valence-corrected chi connectivity index (χ2v) is 1.51. The van der Waals surface area contributed by atoms with Crippen molar-refractivity contribution in [1.29, 1.82) is 0 Å². The number of nitrogens with zero attached hydrogens (tertiary/aromatic N) is 1. The van der Waals surface area contributed by atoms with Gasteiger partial charge in [-0.3, -0.25) is 0 Å². The predicted octanol–water partition coefficient (Wildman–Crippen LogP) is 0.136. The molecular formula is C3H5NO3S. The van der Waals surface area contributed by atoms with Crippen LogP contribution in [0.1, 0.15) is 0 Å². The normalized spacial score (nSPS) is 12.6. The summed E-state index contributed by atoms with van der Waals surface area (Å²) in [5.74, 6) is -1.27. The second kappa shape index (κ2) is 3.43. The van der Waals surface area contributed by atoms with E-state index in [2.05, 4.69) is 17.8 Å². The van der Waals surface area contributed by atoms with Crippen LogP contribution in [0.3, 0.4) is 0 Å². The van der Waals surface area contributed by atoms with Crippen LogP contribution in [0, 0.1) is 4.91 Å². The zero-order chi connectivity index (χ0) is 6.57. The van der Waals surface area contributed by atoms with Gasteiger partial charge in [-0.1, -0.05) is 5.18 Å². The van der Waals surface area contributed by atoms with Crippen molar-refractivity contribution >= 4 is 18.6 Å². The molecule has 0 fully saturated rings. The first-order valence-electron chi connectivity index (χ1n) is 1.88. The molecule has 0 rings (SSSR count). The van der Waals surface area contributed by atoms with Crippen LogP contribution in [0.15, 0.2) is 5.18 Å². The van der Waals surface area contributed by atoms with Crippen molar-refractivity contribution < 1.29 is 9.90 Å². The Morgan fingerprint density at radius 1 is 1.88 bits per heavy atom. The van der Waals surface area contributed by atoms with Gasteiger partial charge in [0.2, 0.25) is 0 Å². The van der Waals surface area contributed by atoms with Gasteiger partial charge in [0.15, 0.2) is 6.04 Å². The van der Waals surface area contributed by atoms with Gasteiger partial charge in [0.1, 0.15) is 0 Å². The summed E-state index contributed by atoms with van der Waals surface area (Å²) in [4.78, 5) is 19.3. The van der Waals surface area contributed by atoms with E-state index in [1.807, 2.05) is 0 Å². The lowest BCUT2D eigenvalue weighted by molar-refractivity contribution is -0.137. The van der Waals surface area contributed by atoms with Gasteiger partial charge < -0.3 is 5.11 Å². The lowest BCUT2D eigenvalue weighted by Crippen LogP contribution is -2.18. The number of carboxylic acid groups (broad SMARTS) is 1. The minimum absolute atomic E-state index is 0.0428. The number of carboxylic acids is 1. The predicted molar refractivity (Wildman–Crippen MR) is 31.1 cm³/mol. The van der Waals surface area contributed by atoms with Gasteiger partial charge in [-0.05, 0) is 0 Å². The van der Waals surface area contributed by atoms with Crippen molar-refractivity contribution in [1.82, 2.24) is 0 Å². The fraction of sp³-hybridized carbons (Fsp3) is 0.667. The molecule has 0 saturated heterocycles. The van der Waals surface area contributed by atoms with E-state index >= 15 is 0 Å². The zero-order valence-electron chi connectivity index (χ0n) is 3.94. The standard InChI is InChI=1S/C3H5NO3S/c5-3(6)2(1-8)4-7/h2,8H,1H2,(H,5,6)/t2-/m0/s1. The van der Waals surface area contributed by atoms with E-state index in [-0.39, 0.29) is 5.75 Å². The molecule has 0 aromatic heterocycles. The number of nitroso groups, excluding NO2 is 1. The number of carbonyl (C=O) groups is 1. The van der Waals surface area contributed by atoms with E-state index in [4.69, 9.17) is 5.11 Å². The smallest absolute Gasteiger partial charge is 0.332 e. The molecule has 46 valence electrons. The molecule has 4 nitrogen and oxygen atoms in total. The molecule has 0 aliphatic heterocycles. The lowest BCUT2D eigenvalue weighted by atomic mass is 10.4. The maximum absolute atomic E-state index is 9.82. The Hall–Kier alpha value is -0.580. The average molecular weight is 135 g/mol. The molecule has 0 aromatic rings. The van der Waals surface area contributed by atoms with Gasteiger partial charge in [-0.15, -0.1) is 4.91 Å². The minimum Gasteiger partial charge on any atom is -0.480 e. The summed E-state index contributed by atoms with van der Waals surface area (Å²) in [5, 5.41) is 10.3. The number of hydrogen-bond acceptors (Lipinski definition) is 4. The van der Waals surface area contributed by atoms with Crippen LogP contribution >= 0.6 is 12.6 Å². The average Bonchev–Trinajstić information content (AvgIpc) is 1.69. The minimum atomic E-state index is -1.23. The highest BCUT2D eigenvalue weighted by Crippen LogP contribution is 1.91. The van der Waals surface area contributed by atoms with Crippen LogP contribution in [0.4, 0.5) is 0 Å². The zero-order valence-corrected chi connectivity index (χ0v) is 4.84. The Morgan fingerprint density at radius 3 is 2.38 bits per heavy atom. The summed E-state index contributed by atoms with van der Waals surface area (Å²) in [7, 11) is 0. The SMILES string of the molecule is O=N[C@@H](CS)C(=O)O.